The van der Waals surface area contributed by atoms with Crippen LogP contribution in [0.4, 0.5) is 0 Å². The predicted molar refractivity (Wildman–Crippen MR) is 300 cm³/mol. The summed E-state index contributed by atoms with van der Waals surface area (Å²) in [6.45, 7) is 6.62. The summed E-state index contributed by atoms with van der Waals surface area (Å²) in [6, 6.07) is 11.6. The molecule has 23 nitrogen and oxygen atoms in total. The van der Waals surface area contributed by atoms with E-state index in [0.717, 1.165) is 5.56 Å². The first-order valence-corrected chi connectivity index (χ1v) is 28.9. The number of benzene rings is 3. The zero-order chi connectivity index (χ0) is 59.8. The molecule has 0 radical (unpaired) electrons. The first-order valence-electron chi connectivity index (χ1n) is 26.9. The van der Waals surface area contributed by atoms with Crippen molar-refractivity contribution in [3.8, 4) is 18.1 Å². The lowest BCUT2D eigenvalue weighted by atomic mass is 9.85. The molecule has 4 heterocycles. The van der Waals surface area contributed by atoms with E-state index in [1.165, 1.54) is 45.9 Å². The number of nitrogens with one attached hydrogen (secondary N) is 5. The third-order valence-corrected chi connectivity index (χ3v) is 16.1. The molecule has 82 heavy (non-hydrogen) atoms. The number of ether oxygens (including phenoxy) is 1. The van der Waals surface area contributed by atoms with E-state index in [1.807, 2.05) is 0 Å². The number of aliphatic hydroxyl groups is 1. The van der Waals surface area contributed by atoms with Crippen LogP contribution in [0.15, 0.2) is 66.7 Å². The van der Waals surface area contributed by atoms with Crippen molar-refractivity contribution >= 4 is 82.9 Å². The first-order chi connectivity index (χ1) is 38.7. The highest BCUT2D eigenvalue weighted by Gasteiger charge is 2.47. The zero-order valence-corrected chi connectivity index (χ0v) is 47.6. The van der Waals surface area contributed by atoms with Gasteiger partial charge in [0.15, 0.2) is 0 Å². The van der Waals surface area contributed by atoms with Crippen molar-refractivity contribution in [1.82, 2.24) is 41.0 Å². The summed E-state index contributed by atoms with van der Waals surface area (Å²) in [5, 5.41) is 22.5. The molecule has 7 rings (SSSR count). The fourth-order valence-electron chi connectivity index (χ4n) is 10.5. The monoisotopic (exact) mass is 1170 g/mol. The number of carbonyl (C=O) groups is 9. The van der Waals surface area contributed by atoms with Crippen LogP contribution in [0.25, 0.3) is 10.9 Å². The largest absolute Gasteiger partial charge is 0.490 e. The van der Waals surface area contributed by atoms with Crippen LogP contribution in [0.2, 0.25) is 5.02 Å². The van der Waals surface area contributed by atoms with Crippen LogP contribution in [0.5, 0.6) is 5.75 Å². The first kappa shape index (κ1) is 62.0. The van der Waals surface area contributed by atoms with Gasteiger partial charge in [0.25, 0.3) is 11.4 Å². The second-order valence-electron chi connectivity index (χ2n) is 22.0. The maximum absolute atomic E-state index is 14.6. The van der Waals surface area contributed by atoms with E-state index in [4.69, 9.17) is 28.5 Å². The smallest absolute Gasteiger partial charge is 0.396 e. The van der Waals surface area contributed by atoms with Crippen molar-refractivity contribution in [2.75, 3.05) is 26.2 Å². The van der Waals surface area contributed by atoms with E-state index in [9.17, 15) is 62.6 Å². The molecule has 1 aromatic heterocycles. The minimum Gasteiger partial charge on any atom is -0.490 e. The Morgan fingerprint density at radius 1 is 0.939 bits per heavy atom. The van der Waals surface area contributed by atoms with E-state index in [-0.39, 0.29) is 98.2 Å². The number of H-pyrrole nitrogens is 1. The molecule has 0 saturated carbocycles. The zero-order valence-electron chi connectivity index (χ0n) is 45.9. The van der Waals surface area contributed by atoms with Crippen LogP contribution in [0, 0.1) is 17.8 Å². The lowest BCUT2D eigenvalue weighted by Crippen LogP contribution is -2.61. The van der Waals surface area contributed by atoms with Crippen molar-refractivity contribution in [3.05, 3.63) is 99.7 Å². The van der Waals surface area contributed by atoms with E-state index >= 15 is 0 Å². The number of aromatic amines is 1. The van der Waals surface area contributed by atoms with E-state index in [1.54, 1.807) is 63.2 Å². The van der Waals surface area contributed by atoms with Gasteiger partial charge in [0.05, 0.1) is 17.2 Å². The summed E-state index contributed by atoms with van der Waals surface area (Å²) >= 11 is 6.88. The van der Waals surface area contributed by atoms with Crippen LogP contribution in [-0.4, -0.2) is 156 Å². The summed E-state index contributed by atoms with van der Waals surface area (Å²) in [5.74, 6) is -1.51. The molecule has 3 aliphatic rings. The highest BCUT2D eigenvalue weighted by Crippen LogP contribution is 2.40. The Morgan fingerprint density at radius 3 is 2.34 bits per heavy atom. The third-order valence-electron chi connectivity index (χ3n) is 14.9. The lowest BCUT2D eigenvalue weighted by molar-refractivity contribution is -0.145. The number of likely N-dealkylation sites (tertiary alicyclic amines) is 1. The normalized spacial score (nSPS) is 19.9. The molecule has 3 fully saturated rings. The Bertz CT molecular complexity index is 3210. The van der Waals surface area contributed by atoms with Crippen molar-refractivity contribution < 1.29 is 67.3 Å². The summed E-state index contributed by atoms with van der Waals surface area (Å²) in [4.78, 5) is 147. The molecule has 3 aromatic carbocycles. The van der Waals surface area contributed by atoms with Gasteiger partial charge in [-0.25, -0.2) is 0 Å². The molecule has 4 aromatic rings. The minimum absolute atomic E-state index is 0.00217. The fraction of sp³-hybridized carbons (Fsp3) is 0.456. The van der Waals surface area contributed by atoms with Gasteiger partial charge in [-0.2, -0.15) is 0 Å². The molecule has 0 spiro atoms. The minimum atomic E-state index is -5.10. The van der Waals surface area contributed by atoms with Crippen molar-refractivity contribution in [2.24, 2.45) is 11.1 Å². The maximum Gasteiger partial charge on any atom is 0.396 e. The molecular formula is C57H69ClN9O14P. The molecule has 25 heteroatoms. The lowest BCUT2D eigenvalue weighted by Gasteiger charge is -2.38. The number of β-amino-alcohol motifs (C(OH)–C–C–N with tert-alkyl or cyclic N) is 1. The number of aryl methyl sites for hydroxylation is 1. The second-order valence-corrected chi connectivity index (χ2v) is 23.9. The highest BCUT2D eigenvalue weighted by molar-refractivity contribution is 7.70. The summed E-state index contributed by atoms with van der Waals surface area (Å²) in [7, 11) is -5.10. The number of primary amides is 1. The predicted octanol–water partition coefficient (Wildman–Crippen LogP) is 2.79. The number of nitrogens with two attached hydrogens (primary N) is 1. The fourth-order valence-corrected chi connectivity index (χ4v) is 11.2. The highest BCUT2D eigenvalue weighted by atomic mass is 35.5. The number of rotatable bonds is 21. The number of amides is 8. The number of carbonyl (C=O) groups excluding carboxylic acids is 9. The van der Waals surface area contributed by atoms with Crippen molar-refractivity contribution in [1.29, 1.82) is 0 Å². The third kappa shape index (κ3) is 15.5. The molecule has 438 valence electrons. The molecule has 3 aliphatic heterocycles. The molecule has 0 unspecified atom stereocenters. The van der Waals surface area contributed by atoms with Crippen LogP contribution in [0.3, 0.4) is 0 Å². The SMILES string of the molecule is C#Cc1ccc(CNC(=O)[C@@H]2C[C@@H](O)CN2C(=O)[C@@H](NC(=O)CCCc2cccc(OC[C@H](CCC(N)=O)NC(=O)[C@@H]3CC[C@@H]4CCN(C(C)=O)C[C@H](NC(=O)c5cc6cc(C(=O)P(=O)(O)O)ccc6[nH]5)C(=O)N43)c2Cl)C(C)(C)C)cc1. The molecular weight excluding hydrogens is 1100 g/mol. The molecule has 0 bridgehead atoms. The number of terminal acetylenes is 1. The van der Waals surface area contributed by atoms with Crippen LogP contribution < -0.4 is 31.7 Å². The summed E-state index contributed by atoms with van der Waals surface area (Å²) in [6.07, 6.45) is 6.05. The molecule has 0 aliphatic carbocycles. The topological polar surface area (TPSA) is 340 Å². The van der Waals surface area contributed by atoms with Gasteiger partial charge in [0.1, 0.15) is 42.2 Å². The quantitative estimate of drug-likeness (QED) is 0.0428. The summed E-state index contributed by atoms with van der Waals surface area (Å²) in [5.41, 5.74) is 5.49. The molecule has 7 atom stereocenters. The van der Waals surface area contributed by atoms with Gasteiger partial charge in [-0.1, -0.05) is 62.6 Å². The Balaban J connectivity index is 0.963. The average Bonchev–Trinajstić information content (AvgIpc) is 3.93. The van der Waals surface area contributed by atoms with Gasteiger partial charge < -0.3 is 66.3 Å². The van der Waals surface area contributed by atoms with Gasteiger partial charge in [-0.05, 0) is 97.5 Å². The van der Waals surface area contributed by atoms with Crippen molar-refractivity contribution in [3.63, 3.8) is 0 Å². The Morgan fingerprint density at radius 2 is 1.67 bits per heavy atom. The number of nitrogens with zero attached hydrogens (tertiary/aromatic N) is 3. The summed E-state index contributed by atoms with van der Waals surface area (Å²) < 4.78 is 17.8. The number of hydrogen-bond donors (Lipinski definition) is 9. The van der Waals surface area contributed by atoms with E-state index in [0.29, 0.717) is 42.3 Å². The maximum atomic E-state index is 14.6. The second kappa shape index (κ2) is 26.5. The number of fused-ring (bicyclic) bond motifs is 2. The van der Waals surface area contributed by atoms with Crippen LogP contribution in [0.1, 0.15) is 117 Å². The van der Waals surface area contributed by atoms with Gasteiger partial charge in [-0.3, -0.25) is 47.7 Å². The van der Waals surface area contributed by atoms with Crippen LogP contribution >= 0.6 is 19.2 Å². The Kier molecular flexibility index (Phi) is 20.1. The molecule has 3 saturated heterocycles. The number of halogens is 1. The molecule has 8 amide bonds. The van der Waals surface area contributed by atoms with Gasteiger partial charge in [0.2, 0.25) is 41.4 Å². The van der Waals surface area contributed by atoms with Gasteiger partial charge in [-0.15, -0.1) is 6.42 Å². The van der Waals surface area contributed by atoms with Gasteiger partial charge >= 0.3 is 7.60 Å². The van der Waals surface area contributed by atoms with E-state index in [2.05, 4.69) is 32.2 Å². The molecule has 10 N–H and O–H groups in total. The van der Waals surface area contributed by atoms with Crippen LogP contribution in [-0.2, 0) is 51.1 Å². The Labute approximate surface area is 478 Å². The van der Waals surface area contributed by atoms with Crippen molar-refractivity contribution in [2.45, 2.75) is 134 Å². The Hall–Kier alpha value is -7.61. The standard InChI is InChI=1S/C57H69ClN9O14P/c1-6-33-13-15-34(16-14-33)28-60-52(73)45-27-40(69)29-66(45)55(76)50(57(3,4)5)64-48(71)12-8-10-35-9-7-11-46(49(35)58)81-31-38(18-22-47(59)70)61-53(74)44-21-19-39-23-24-65(32(2)68)30-43(54(75)67(39)44)63-51(72)42-26-37-25-36(17-20-41(37)62-42)56(77)82(78,79)80/h1,7,9,11,13-17,20,25-26,38-40,43-45,50,62,69H,8,10,12,18-19,21-24,27-31H2,2-5H3,(H2,59,70)(H,60,73)(H,61,74)(H,63,72)(H,64,71)(H2,78,79,80)/t38-,39+,40+,43-,44-,45-,50+/m0/s1. The van der Waals surface area contributed by atoms with Gasteiger partial charge in [0, 0.05) is 80.4 Å². The number of hydrogen-bond acceptors (Lipinski definition) is 12. The average molecular weight is 1170 g/mol. The number of aliphatic hydroxyl groups excluding tert-OH is 1. The number of aromatic nitrogens is 1. The van der Waals surface area contributed by atoms with E-state index < -0.39 is 102 Å².